The normalized spacial score (nSPS) is 16.6. The van der Waals surface area contributed by atoms with Crippen LogP contribution in [0.1, 0.15) is 5.82 Å². The van der Waals surface area contributed by atoms with Crippen molar-refractivity contribution in [1.82, 2.24) is 24.9 Å². The van der Waals surface area contributed by atoms with Gasteiger partial charge >= 0.3 is 0 Å². The van der Waals surface area contributed by atoms with E-state index in [2.05, 4.69) is 20.0 Å². The van der Waals surface area contributed by atoms with Gasteiger partial charge in [-0.25, -0.2) is 18.1 Å². The summed E-state index contributed by atoms with van der Waals surface area (Å²) in [4.78, 5) is 19.9. The van der Waals surface area contributed by atoms with Crippen LogP contribution in [0.15, 0.2) is 11.2 Å². The third kappa shape index (κ3) is 3.52. The summed E-state index contributed by atoms with van der Waals surface area (Å²) in [5.41, 5.74) is 0. The van der Waals surface area contributed by atoms with Crippen LogP contribution in [0.5, 0.6) is 0 Å². The number of aryl methyl sites for hydroxylation is 1. The smallest absolute Gasteiger partial charge is 0.258 e. The molecule has 0 saturated carbocycles. The predicted octanol–water partition coefficient (Wildman–Crippen LogP) is -1.57. The Hall–Kier alpha value is -1.45. The van der Waals surface area contributed by atoms with Crippen molar-refractivity contribution in [3.63, 3.8) is 0 Å². The molecular weight excluding hydrogens is 270 g/mol. The van der Waals surface area contributed by atoms with Gasteiger partial charge in [0, 0.05) is 26.2 Å². The highest BCUT2D eigenvalue weighted by Gasteiger charge is 2.21. The van der Waals surface area contributed by atoms with Gasteiger partial charge < -0.3 is 15.2 Å². The predicted molar refractivity (Wildman–Crippen MR) is 68.0 cm³/mol. The van der Waals surface area contributed by atoms with Gasteiger partial charge in [0.2, 0.25) is 5.91 Å². The lowest BCUT2D eigenvalue weighted by Gasteiger charge is -2.27. The Labute approximate surface area is 111 Å². The summed E-state index contributed by atoms with van der Waals surface area (Å²) in [7, 11) is -3.70. The number of carbonyl (C=O) groups is 1. The van der Waals surface area contributed by atoms with Crippen LogP contribution in [-0.4, -0.2) is 61.9 Å². The molecule has 1 amide bonds. The Morgan fingerprint density at radius 2 is 2.16 bits per heavy atom. The average molecular weight is 287 g/mol. The van der Waals surface area contributed by atoms with E-state index in [-0.39, 0.29) is 17.5 Å². The topological polar surface area (TPSA) is 107 Å². The first-order valence-corrected chi connectivity index (χ1v) is 7.47. The van der Waals surface area contributed by atoms with Crippen molar-refractivity contribution >= 4 is 15.9 Å². The summed E-state index contributed by atoms with van der Waals surface area (Å²) >= 11 is 0. The van der Waals surface area contributed by atoms with E-state index < -0.39 is 10.0 Å². The number of sulfonamides is 1. The lowest BCUT2D eigenvalue weighted by molar-refractivity contribution is -0.130. The van der Waals surface area contributed by atoms with Gasteiger partial charge in [-0.05, 0) is 6.92 Å². The van der Waals surface area contributed by atoms with Gasteiger partial charge in [0.1, 0.15) is 5.82 Å². The molecule has 0 unspecified atom stereocenters. The molecule has 9 heteroatoms. The summed E-state index contributed by atoms with van der Waals surface area (Å²) in [5, 5.41) is 3.10. The van der Waals surface area contributed by atoms with Gasteiger partial charge in [-0.15, -0.1) is 0 Å². The van der Waals surface area contributed by atoms with E-state index in [1.165, 1.54) is 6.20 Å². The highest BCUT2D eigenvalue weighted by molar-refractivity contribution is 7.89. The first-order valence-electron chi connectivity index (χ1n) is 5.99. The minimum Gasteiger partial charge on any atom is -0.339 e. The van der Waals surface area contributed by atoms with Gasteiger partial charge in [-0.3, -0.25) is 4.79 Å². The first-order chi connectivity index (χ1) is 8.99. The van der Waals surface area contributed by atoms with E-state index >= 15 is 0 Å². The second-order valence-corrected chi connectivity index (χ2v) is 6.02. The molecule has 1 saturated heterocycles. The average Bonchev–Trinajstić information content (AvgIpc) is 2.85. The lowest BCUT2D eigenvalue weighted by Crippen LogP contribution is -2.49. The van der Waals surface area contributed by atoms with Crippen molar-refractivity contribution in [2.45, 2.75) is 11.9 Å². The number of piperazine rings is 1. The molecule has 3 N–H and O–H groups in total. The quantitative estimate of drug-likeness (QED) is 0.620. The molecular formula is C10H17N5O3S. The maximum Gasteiger partial charge on any atom is 0.258 e. The minimum atomic E-state index is -3.70. The van der Waals surface area contributed by atoms with E-state index in [4.69, 9.17) is 0 Å². The number of aromatic nitrogens is 2. The second-order valence-electron chi connectivity index (χ2n) is 4.29. The molecule has 1 aliphatic rings. The largest absolute Gasteiger partial charge is 0.339 e. The number of nitrogens with zero attached hydrogens (tertiary/aromatic N) is 2. The molecule has 1 aromatic heterocycles. The summed E-state index contributed by atoms with van der Waals surface area (Å²) in [6.07, 6.45) is 1.23. The van der Waals surface area contributed by atoms with E-state index in [9.17, 15) is 13.2 Å². The number of aromatic amines is 1. The van der Waals surface area contributed by atoms with Gasteiger partial charge in [0.25, 0.3) is 10.0 Å². The first kappa shape index (κ1) is 14.0. The zero-order chi connectivity index (χ0) is 13.9. The molecule has 0 bridgehead atoms. The van der Waals surface area contributed by atoms with Crippen LogP contribution in [0.4, 0.5) is 0 Å². The van der Waals surface area contributed by atoms with Crippen LogP contribution < -0.4 is 10.0 Å². The fraction of sp³-hybridized carbons (Fsp3) is 0.600. The van der Waals surface area contributed by atoms with Crippen molar-refractivity contribution in [3.05, 3.63) is 12.0 Å². The standard InChI is InChI=1S/C10H17N5O3S/c1-8-12-6-9(14-8)19(17,18)13-7-10(16)15-4-2-11-3-5-15/h6,11,13H,2-5,7H2,1H3,(H,12,14). The number of rotatable bonds is 4. The Bertz CT molecular complexity index is 547. The molecule has 0 aromatic carbocycles. The number of hydrogen-bond acceptors (Lipinski definition) is 5. The molecule has 0 atom stereocenters. The molecule has 106 valence electrons. The minimum absolute atomic E-state index is 0.0295. The lowest BCUT2D eigenvalue weighted by atomic mass is 10.3. The van der Waals surface area contributed by atoms with E-state index in [1.807, 2.05) is 0 Å². The van der Waals surface area contributed by atoms with Crippen LogP contribution in [0.25, 0.3) is 0 Å². The maximum atomic E-state index is 11.9. The molecule has 8 nitrogen and oxygen atoms in total. The van der Waals surface area contributed by atoms with Crippen LogP contribution in [0.3, 0.4) is 0 Å². The summed E-state index contributed by atoms with van der Waals surface area (Å²) < 4.78 is 26.0. The second kappa shape index (κ2) is 5.68. The van der Waals surface area contributed by atoms with E-state index in [1.54, 1.807) is 11.8 Å². The molecule has 19 heavy (non-hydrogen) atoms. The molecule has 0 spiro atoms. The highest BCUT2D eigenvalue weighted by Crippen LogP contribution is 2.04. The van der Waals surface area contributed by atoms with Crippen molar-refractivity contribution in [2.24, 2.45) is 0 Å². The van der Waals surface area contributed by atoms with Crippen LogP contribution in [0, 0.1) is 6.92 Å². The Kier molecular flexibility index (Phi) is 4.17. The number of H-pyrrole nitrogens is 1. The fourth-order valence-electron chi connectivity index (χ4n) is 1.80. The van der Waals surface area contributed by atoms with Gasteiger partial charge in [-0.2, -0.15) is 0 Å². The Balaban J connectivity index is 1.92. The summed E-state index contributed by atoms with van der Waals surface area (Å²) in [6, 6.07) is 0. The van der Waals surface area contributed by atoms with Gasteiger partial charge in [0.05, 0.1) is 12.7 Å². The summed E-state index contributed by atoms with van der Waals surface area (Å²) in [5.74, 6) is 0.287. The zero-order valence-electron chi connectivity index (χ0n) is 10.6. The molecule has 1 aromatic rings. The molecule has 0 aliphatic carbocycles. The summed E-state index contributed by atoms with van der Waals surface area (Å²) in [6.45, 7) is 4.09. The number of carbonyl (C=O) groups excluding carboxylic acids is 1. The van der Waals surface area contributed by atoms with Crippen molar-refractivity contribution in [2.75, 3.05) is 32.7 Å². The molecule has 2 rings (SSSR count). The molecule has 0 radical (unpaired) electrons. The SMILES string of the molecule is Cc1ncc(S(=O)(=O)NCC(=O)N2CCNCC2)[nH]1. The zero-order valence-corrected chi connectivity index (χ0v) is 11.5. The van der Waals surface area contributed by atoms with Crippen LogP contribution in [0.2, 0.25) is 0 Å². The number of hydrogen-bond donors (Lipinski definition) is 3. The van der Waals surface area contributed by atoms with Crippen molar-refractivity contribution < 1.29 is 13.2 Å². The van der Waals surface area contributed by atoms with Gasteiger partial charge in [-0.1, -0.05) is 0 Å². The number of amides is 1. The van der Waals surface area contributed by atoms with Crippen molar-refractivity contribution in [1.29, 1.82) is 0 Å². The third-order valence-corrected chi connectivity index (χ3v) is 4.16. The molecule has 1 fully saturated rings. The van der Waals surface area contributed by atoms with Crippen molar-refractivity contribution in [3.8, 4) is 0 Å². The molecule has 2 heterocycles. The van der Waals surface area contributed by atoms with E-state index in [0.29, 0.717) is 18.9 Å². The highest BCUT2D eigenvalue weighted by atomic mass is 32.2. The Morgan fingerprint density at radius 1 is 1.47 bits per heavy atom. The third-order valence-electron chi connectivity index (χ3n) is 2.85. The van der Waals surface area contributed by atoms with Gasteiger partial charge in [0.15, 0.2) is 5.03 Å². The fourth-order valence-corrected chi connectivity index (χ4v) is 2.74. The molecule has 1 aliphatic heterocycles. The van der Waals surface area contributed by atoms with Crippen LogP contribution in [-0.2, 0) is 14.8 Å². The Morgan fingerprint density at radius 3 is 2.74 bits per heavy atom. The monoisotopic (exact) mass is 287 g/mol. The number of imidazole rings is 1. The van der Waals surface area contributed by atoms with E-state index in [0.717, 1.165) is 13.1 Å². The maximum absolute atomic E-state index is 11.9. The number of nitrogens with one attached hydrogen (secondary N) is 3. The van der Waals surface area contributed by atoms with Crippen LogP contribution >= 0.6 is 0 Å².